The molecule has 0 unspecified atom stereocenters. The Morgan fingerprint density at radius 3 is 0.737 bits per heavy atom. The molecule has 0 radical (unpaired) electrons. The van der Waals surface area contributed by atoms with Gasteiger partial charge in [-0.25, -0.2) is 0 Å². The van der Waals surface area contributed by atoms with Crippen molar-refractivity contribution in [3.63, 3.8) is 0 Å². The van der Waals surface area contributed by atoms with E-state index in [2.05, 4.69) is 0 Å². The first-order valence-electron chi connectivity index (χ1n) is 7.28. The van der Waals surface area contributed by atoms with Crippen LogP contribution in [0.15, 0.2) is 11.6 Å². The third-order valence-electron chi connectivity index (χ3n) is 0.492. The van der Waals surface area contributed by atoms with Gasteiger partial charge in [0.1, 0.15) is 0 Å². The highest BCUT2D eigenvalue weighted by Crippen LogP contribution is 1.86. The minimum Gasteiger partial charge on any atom is -0.295 e. The first-order chi connectivity index (χ1) is 8.13. The van der Waals surface area contributed by atoms with E-state index in [1.54, 1.807) is 13.0 Å². The van der Waals surface area contributed by atoms with Crippen LogP contribution in [-0.4, -0.2) is 5.78 Å². The molecule has 0 aliphatic heterocycles. The van der Waals surface area contributed by atoms with Crippen LogP contribution in [0.3, 0.4) is 0 Å². The number of carbonyl (C=O) groups excluding carboxylic acids is 1. The fourth-order valence-corrected chi connectivity index (χ4v) is 0.407. The third kappa shape index (κ3) is 356. The average Bonchev–Trinajstić information content (AvgIpc) is 2.40. The van der Waals surface area contributed by atoms with Crippen molar-refractivity contribution in [2.45, 2.75) is 105 Å². The number of ketones is 1. The highest BCUT2D eigenvalue weighted by molar-refractivity contribution is 5.87. The Hall–Kier alpha value is -0.590. The quantitative estimate of drug-likeness (QED) is 0.445. The standard InChI is InChI=1S/C6H10O.5C2H6.2CH4/c1-5(2)4-6(3)7;5*1-2;;/h4H,1-3H3;5*1-2H3;2*1H4. The van der Waals surface area contributed by atoms with E-state index in [9.17, 15) is 4.79 Å². The average molecular weight is 281 g/mol. The van der Waals surface area contributed by atoms with E-state index in [4.69, 9.17) is 0 Å². The second-order valence-electron chi connectivity index (χ2n) is 1.83. The molecule has 0 saturated carbocycles. The fraction of sp³-hybridized carbons (Fsp3) is 0.833. The lowest BCUT2D eigenvalue weighted by molar-refractivity contribution is -0.112. The first-order valence-corrected chi connectivity index (χ1v) is 7.28. The predicted molar refractivity (Wildman–Crippen MR) is 100 cm³/mol. The molecule has 0 fully saturated rings. The summed E-state index contributed by atoms with van der Waals surface area (Å²) in [6.45, 7) is 25.4. The van der Waals surface area contributed by atoms with Crippen molar-refractivity contribution >= 4 is 5.78 Å². The zero-order chi connectivity index (χ0) is 15.9. The van der Waals surface area contributed by atoms with E-state index in [1.807, 2.05) is 83.1 Å². The lowest BCUT2D eigenvalue weighted by Crippen LogP contribution is -1.80. The topological polar surface area (TPSA) is 17.1 Å². The van der Waals surface area contributed by atoms with Crippen molar-refractivity contribution in [1.82, 2.24) is 0 Å². The predicted octanol–water partition coefficient (Wildman–Crippen LogP) is 7.94. The molecule has 0 N–H and O–H groups in total. The van der Waals surface area contributed by atoms with Gasteiger partial charge < -0.3 is 0 Å². The summed E-state index contributed by atoms with van der Waals surface area (Å²) in [5, 5.41) is 0. The first kappa shape index (κ1) is 51.5. The van der Waals surface area contributed by atoms with Gasteiger partial charge >= 0.3 is 0 Å². The van der Waals surface area contributed by atoms with Crippen molar-refractivity contribution in [2.75, 3.05) is 0 Å². The maximum absolute atomic E-state index is 10.2. The minimum atomic E-state index is 0. The van der Waals surface area contributed by atoms with Gasteiger partial charge in [0.05, 0.1) is 0 Å². The van der Waals surface area contributed by atoms with E-state index in [0.29, 0.717) is 0 Å². The van der Waals surface area contributed by atoms with Crippen LogP contribution >= 0.6 is 0 Å². The van der Waals surface area contributed by atoms with E-state index >= 15 is 0 Å². The van der Waals surface area contributed by atoms with Crippen LogP contribution in [0.2, 0.25) is 0 Å². The summed E-state index contributed by atoms with van der Waals surface area (Å²) in [4.78, 5) is 10.2. The molecule has 0 bridgehead atoms. The zero-order valence-electron chi connectivity index (χ0n) is 15.0. The van der Waals surface area contributed by atoms with Gasteiger partial charge in [-0.1, -0.05) is 89.7 Å². The second kappa shape index (κ2) is 114. The maximum atomic E-state index is 10.2. The molecule has 0 amide bonds. The van der Waals surface area contributed by atoms with Gasteiger partial charge in [-0.2, -0.15) is 0 Å². The summed E-state index contributed by atoms with van der Waals surface area (Å²) in [5.74, 6) is 0.125. The molecule has 0 aliphatic carbocycles. The maximum Gasteiger partial charge on any atom is 0.152 e. The Balaban J connectivity index is -0.0000000146. The molecule has 0 aliphatic rings. The molecular formula is C18H48O. The van der Waals surface area contributed by atoms with E-state index in [1.165, 1.54) is 0 Å². The van der Waals surface area contributed by atoms with E-state index in [0.717, 1.165) is 5.57 Å². The molecule has 0 saturated heterocycles. The van der Waals surface area contributed by atoms with Crippen LogP contribution in [0, 0.1) is 0 Å². The molecule has 1 heteroatoms. The van der Waals surface area contributed by atoms with Gasteiger partial charge in [0, 0.05) is 0 Å². The Morgan fingerprint density at radius 1 is 0.579 bits per heavy atom. The molecular weight excluding hydrogens is 232 g/mol. The van der Waals surface area contributed by atoms with Crippen LogP contribution in [0.1, 0.15) is 105 Å². The van der Waals surface area contributed by atoms with Crippen molar-refractivity contribution in [2.24, 2.45) is 0 Å². The zero-order valence-corrected chi connectivity index (χ0v) is 15.0. The van der Waals surface area contributed by atoms with Crippen LogP contribution < -0.4 is 0 Å². The van der Waals surface area contributed by atoms with Crippen molar-refractivity contribution in [3.05, 3.63) is 11.6 Å². The van der Waals surface area contributed by atoms with Gasteiger partial charge in [0.25, 0.3) is 0 Å². The summed E-state index contributed by atoms with van der Waals surface area (Å²) >= 11 is 0. The third-order valence-corrected chi connectivity index (χ3v) is 0.492. The molecule has 0 heterocycles. The molecule has 0 aromatic carbocycles. The normalized spacial score (nSPS) is 4.47. The number of allylic oxidation sites excluding steroid dienone is 2. The molecule has 19 heavy (non-hydrogen) atoms. The van der Waals surface area contributed by atoms with Gasteiger partial charge in [-0.15, -0.1) is 0 Å². The lowest BCUT2D eigenvalue weighted by atomic mass is 10.3. The van der Waals surface area contributed by atoms with E-state index < -0.39 is 0 Å². The molecule has 0 rings (SSSR count). The largest absolute Gasteiger partial charge is 0.295 e. The van der Waals surface area contributed by atoms with Crippen LogP contribution in [0.25, 0.3) is 0 Å². The SMILES string of the molecule is C.C.CC.CC.CC.CC.CC.CC(=O)C=C(C)C. The number of carbonyl (C=O) groups is 1. The summed E-state index contributed by atoms with van der Waals surface area (Å²) in [5.41, 5.74) is 1.06. The Bertz CT molecular complexity index is 98.3. The number of hydrogen-bond donors (Lipinski definition) is 0. The van der Waals surface area contributed by atoms with Crippen LogP contribution in [0.5, 0.6) is 0 Å². The summed E-state index contributed by atoms with van der Waals surface area (Å²) in [7, 11) is 0. The molecule has 0 spiro atoms. The molecule has 1 nitrogen and oxygen atoms in total. The van der Waals surface area contributed by atoms with Gasteiger partial charge in [-0.3, -0.25) is 4.79 Å². The van der Waals surface area contributed by atoms with Crippen molar-refractivity contribution in [3.8, 4) is 0 Å². The molecule has 0 aromatic heterocycles. The summed E-state index contributed by atoms with van der Waals surface area (Å²) in [6.07, 6.45) is 1.61. The van der Waals surface area contributed by atoms with Crippen molar-refractivity contribution in [1.29, 1.82) is 0 Å². The summed E-state index contributed by atoms with van der Waals surface area (Å²) < 4.78 is 0. The highest BCUT2D eigenvalue weighted by Gasteiger charge is 1.80. The molecule has 0 aromatic rings. The highest BCUT2D eigenvalue weighted by atomic mass is 16.1. The van der Waals surface area contributed by atoms with Crippen LogP contribution in [0.4, 0.5) is 0 Å². The van der Waals surface area contributed by atoms with Crippen molar-refractivity contribution < 1.29 is 4.79 Å². The molecule has 126 valence electrons. The number of hydrogen-bond acceptors (Lipinski definition) is 1. The second-order valence-corrected chi connectivity index (χ2v) is 1.83. The minimum absolute atomic E-state index is 0. The Kier molecular flexibility index (Phi) is 309. The summed E-state index contributed by atoms with van der Waals surface area (Å²) in [6, 6.07) is 0. The smallest absolute Gasteiger partial charge is 0.152 e. The van der Waals surface area contributed by atoms with E-state index in [-0.39, 0.29) is 20.6 Å². The monoisotopic (exact) mass is 280 g/mol. The van der Waals surface area contributed by atoms with Crippen LogP contribution in [-0.2, 0) is 4.79 Å². The van der Waals surface area contributed by atoms with Gasteiger partial charge in [0.2, 0.25) is 0 Å². The van der Waals surface area contributed by atoms with Gasteiger partial charge in [0.15, 0.2) is 5.78 Å². The molecule has 0 atom stereocenters. The fourth-order valence-electron chi connectivity index (χ4n) is 0.407. The lowest BCUT2D eigenvalue weighted by Gasteiger charge is -1.80. The van der Waals surface area contributed by atoms with Gasteiger partial charge in [-0.05, 0) is 26.8 Å². The Morgan fingerprint density at radius 2 is 0.737 bits per heavy atom. The number of rotatable bonds is 1. The Labute approximate surface area is 127 Å².